The van der Waals surface area contributed by atoms with Gasteiger partial charge in [0.15, 0.2) is 0 Å². The number of rotatable bonds is 2. The Labute approximate surface area is 85.6 Å². The summed E-state index contributed by atoms with van der Waals surface area (Å²) < 4.78 is 0. The predicted octanol–water partition coefficient (Wildman–Crippen LogP) is 0.209. The summed E-state index contributed by atoms with van der Waals surface area (Å²) in [6.07, 6.45) is -0.645. The van der Waals surface area contributed by atoms with Gasteiger partial charge >= 0.3 is 6.09 Å². The standard InChI is InChI=1S/C7H11N3O3S/c1-3-10-5(11)4-14-6(10)9-13-7(12)8-2/h3-4H2,1-2H3,(H,8,12). The highest BCUT2D eigenvalue weighted by molar-refractivity contribution is 8.15. The molecule has 6 nitrogen and oxygen atoms in total. The fraction of sp³-hybridized carbons (Fsp3) is 0.571. The van der Waals surface area contributed by atoms with Gasteiger partial charge in [-0.15, -0.1) is 0 Å². The first-order chi connectivity index (χ1) is 6.69. The lowest BCUT2D eigenvalue weighted by Gasteiger charge is -2.11. The maximum absolute atomic E-state index is 11.2. The van der Waals surface area contributed by atoms with E-state index in [2.05, 4.69) is 15.3 Å². The van der Waals surface area contributed by atoms with Crippen molar-refractivity contribution >= 4 is 28.9 Å². The Morgan fingerprint density at radius 3 is 3.07 bits per heavy atom. The molecular formula is C7H11N3O3S. The van der Waals surface area contributed by atoms with E-state index >= 15 is 0 Å². The molecule has 1 N–H and O–H groups in total. The Hall–Kier alpha value is -1.24. The average Bonchev–Trinajstić information content (AvgIpc) is 2.55. The summed E-state index contributed by atoms with van der Waals surface area (Å²) in [5.41, 5.74) is 0. The summed E-state index contributed by atoms with van der Waals surface area (Å²) in [5.74, 6) is 0.334. The van der Waals surface area contributed by atoms with E-state index in [1.54, 1.807) is 0 Å². The first kappa shape index (κ1) is 10.8. The number of amides is 2. The molecule has 0 aromatic rings. The summed E-state index contributed by atoms with van der Waals surface area (Å²) in [5, 5.41) is 6.25. The molecule has 0 bridgehead atoms. The number of carbonyl (C=O) groups is 2. The van der Waals surface area contributed by atoms with E-state index in [1.807, 2.05) is 6.92 Å². The van der Waals surface area contributed by atoms with Crippen molar-refractivity contribution in [3.05, 3.63) is 0 Å². The van der Waals surface area contributed by atoms with Gasteiger partial charge in [0.25, 0.3) is 0 Å². The van der Waals surface area contributed by atoms with Crippen LogP contribution in [0, 0.1) is 0 Å². The molecule has 0 spiro atoms. The van der Waals surface area contributed by atoms with E-state index in [4.69, 9.17) is 0 Å². The van der Waals surface area contributed by atoms with Crippen LogP contribution in [0.25, 0.3) is 0 Å². The molecular weight excluding hydrogens is 206 g/mol. The first-order valence-corrected chi connectivity index (χ1v) is 5.07. The van der Waals surface area contributed by atoms with E-state index in [9.17, 15) is 9.59 Å². The number of thioether (sulfide) groups is 1. The van der Waals surface area contributed by atoms with Crippen LogP contribution in [0.4, 0.5) is 4.79 Å². The SMILES string of the molecule is CCN1C(=O)CSC1=NOC(=O)NC. The van der Waals surface area contributed by atoms with Gasteiger partial charge in [0.2, 0.25) is 11.1 Å². The number of hydrogen-bond acceptors (Lipinski definition) is 5. The molecule has 1 aliphatic heterocycles. The van der Waals surface area contributed by atoms with Gasteiger partial charge in [-0.3, -0.25) is 14.5 Å². The van der Waals surface area contributed by atoms with Crippen molar-refractivity contribution in [1.29, 1.82) is 0 Å². The third-order valence-electron chi connectivity index (χ3n) is 1.58. The van der Waals surface area contributed by atoms with Crippen molar-refractivity contribution in [2.75, 3.05) is 19.3 Å². The Bertz CT molecular complexity index is 279. The minimum Gasteiger partial charge on any atom is -0.323 e. The first-order valence-electron chi connectivity index (χ1n) is 4.09. The largest absolute Gasteiger partial charge is 0.433 e. The molecule has 0 saturated carbocycles. The number of nitrogens with one attached hydrogen (secondary N) is 1. The third kappa shape index (κ3) is 2.38. The second kappa shape index (κ2) is 4.85. The van der Waals surface area contributed by atoms with Crippen LogP contribution in [0.5, 0.6) is 0 Å². The average molecular weight is 217 g/mol. The monoisotopic (exact) mass is 217 g/mol. The van der Waals surface area contributed by atoms with Crippen LogP contribution in [0.2, 0.25) is 0 Å². The van der Waals surface area contributed by atoms with E-state index in [-0.39, 0.29) is 5.91 Å². The maximum Gasteiger partial charge on any atom is 0.433 e. The summed E-state index contributed by atoms with van der Waals surface area (Å²) in [6, 6.07) is 0. The number of oxime groups is 1. The summed E-state index contributed by atoms with van der Waals surface area (Å²) >= 11 is 1.26. The molecule has 1 saturated heterocycles. The number of amidine groups is 1. The van der Waals surface area contributed by atoms with Crippen molar-refractivity contribution in [1.82, 2.24) is 10.2 Å². The Balaban J connectivity index is 2.59. The Kier molecular flexibility index (Phi) is 3.75. The summed E-state index contributed by atoms with van der Waals surface area (Å²) in [6.45, 7) is 2.36. The fourth-order valence-corrected chi connectivity index (χ4v) is 1.79. The maximum atomic E-state index is 11.2. The highest BCUT2D eigenvalue weighted by Gasteiger charge is 2.27. The minimum atomic E-state index is -0.645. The van der Waals surface area contributed by atoms with Crippen molar-refractivity contribution in [2.45, 2.75) is 6.92 Å². The second-order valence-corrected chi connectivity index (χ2v) is 3.37. The third-order valence-corrected chi connectivity index (χ3v) is 2.53. The molecule has 1 heterocycles. The predicted molar refractivity (Wildman–Crippen MR) is 52.8 cm³/mol. The number of hydrogen-bond donors (Lipinski definition) is 1. The summed E-state index contributed by atoms with van der Waals surface area (Å²) in [4.78, 5) is 27.8. The molecule has 14 heavy (non-hydrogen) atoms. The van der Waals surface area contributed by atoms with Crippen LogP contribution in [0.15, 0.2) is 5.16 Å². The Morgan fingerprint density at radius 1 is 1.79 bits per heavy atom. The van der Waals surface area contributed by atoms with Gasteiger partial charge in [0.1, 0.15) is 0 Å². The van der Waals surface area contributed by atoms with E-state index in [0.29, 0.717) is 17.5 Å². The van der Waals surface area contributed by atoms with Crippen LogP contribution < -0.4 is 5.32 Å². The molecule has 0 unspecified atom stereocenters. The van der Waals surface area contributed by atoms with Crippen LogP contribution in [0.1, 0.15) is 6.92 Å². The van der Waals surface area contributed by atoms with Crippen LogP contribution >= 0.6 is 11.8 Å². The molecule has 2 amide bonds. The van der Waals surface area contributed by atoms with E-state index in [1.165, 1.54) is 23.7 Å². The molecule has 0 radical (unpaired) electrons. The molecule has 7 heteroatoms. The van der Waals surface area contributed by atoms with Crippen LogP contribution in [-0.2, 0) is 9.63 Å². The quantitative estimate of drug-likeness (QED) is 0.530. The van der Waals surface area contributed by atoms with E-state index in [0.717, 1.165) is 0 Å². The van der Waals surface area contributed by atoms with Gasteiger partial charge < -0.3 is 5.32 Å². The van der Waals surface area contributed by atoms with Gasteiger partial charge in [-0.05, 0) is 12.1 Å². The van der Waals surface area contributed by atoms with Crippen LogP contribution in [-0.4, -0.2) is 41.4 Å². The fourth-order valence-electron chi connectivity index (χ4n) is 0.902. The van der Waals surface area contributed by atoms with Gasteiger partial charge in [-0.25, -0.2) is 4.79 Å². The lowest BCUT2D eigenvalue weighted by molar-refractivity contribution is -0.124. The van der Waals surface area contributed by atoms with Gasteiger partial charge in [-0.1, -0.05) is 11.8 Å². The number of carbonyl (C=O) groups excluding carboxylic acids is 2. The van der Waals surface area contributed by atoms with Gasteiger partial charge in [0, 0.05) is 13.6 Å². The molecule has 1 aliphatic rings. The van der Waals surface area contributed by atoms with Gasteiger partial charge in [-0.2, -0.15) is 0 Å². The van der Waals surface area contributed by atoms with Crippen molar-refractivity contribution in [3.63, 3.8) is 0 Å². The van der Waals surface area contributed by atoms with Crippen molar-refractivity contribution < 1.29 is 14.4 Å². The molecule has 1 rings (SSSR count). The molecule has 1 fully saturated rings. The van der Waals surface area contributed by atoms with Crippen molar-refractivity contribution in [3.8, 4) is 0 Å². The smallest absolute Gasteiger partial charge is 0.323 e. The lowest BCUT2D eigenvalue weighted by Crippen LogP contribution is -2.29. The van der Waals surface area contributed by atoms with Crippen LogP contribution in [0.3, 0.4) is 0 Å². The molecule has 78 valence electrons. The van der Waals surface area contributed by atoms with E-state index < -0.39 is 6.09 Å². The zero-order chi connectivity index (χ0) is 10.6. The summed E-state index contributed by atoms with van der Waals surface area (Å²) in [7, 11) is 1.44. The van der Waals surface area contributed by atoms with Gasteiger partial charge in [0.05, 0.1) is 5.75 Å². The molecule has 0 aliphatic carbocycles. The minimum absolute atomic E-state index is 0.0169. The molecule has 0 atom stereocenters. The number of nitrogens with zero attached hydrogens (tertiary/aromatic N) is 2. The highest BCUT2D eigenvalue weighted by Crippen LogP contribution is 2.18. The molecule has 0 aromatic carbocycles. The molecule has 0 aromatic heterocycles. The highest BCUT2D eigenvalue weighted by atomic mass is 32.2. The Morgan fingerprint density at radius 2 is 2.50 bits per heavy atom. The normalized spacial score (nSPS) is 18.9. The van der Waals surface area contributed by atoms with Crippen molar-refractivity contribution in [2.24, 2.45) is 5.16 Å². The second-order valence-electron chi connectivity index (χ2n) is 2.43. The lowest BCUT2D eigenvalue weighted by atomic mass is 10.5. The zero-order valence-corrected chi connectivity index (χ0v) is 8.76. The zero-order valence-electron chi connectivity index (χ0n) is 7.94. The topological polar surface area (TPSA) is 71.0 Å².